The molecule has 0 radical (unpaired) electrons. The number of hydrogen-bond acceptors (Lipinski definition) is 3. The van der Waals surface area contributed by atoms with Crippen molar-refractivity contribution in [2.45, 2.75) is 24.3 Å². The summed E-state index contributed by atoms with van der Waals surface area (Å²) >= 11 is 1.43. The number of nitrogens with zero attached hydrogens (tertiary/aromatic N) is 2. The Morgan fingerprint density at radius 3 is 2.54 bits per heavy atom. The molecule has 1 saturated heterocycles. The first kappa shape index (κ1) is 17.7. The molecule has 1 saturated carbocycles. The molecule has 4 nitrogen and oxygen atoms in total. The normalized spacial score (nSPS) is 23.6. The molecule has 1 aliphatic carbocycles. The number of benzene rings is 2. The minimum absolute atomic E-state index is 0.00593. The molecule has 1 unspecified atom stereocenters. The number of hydrogen-bond donors (Lipinski definition) is 0. The maximum Gasteiger partial charge on any atom is 0.268 e. The Morgan fingerprint density at radius 2 is 1.82 bits per heavy atom. The van der Waals surface area contributed by atoms with Gasteiger partial charge in [0.1, 0.15) is 11.6 Å². The number of carbonyl (C=O) groups is 2. The van der Waals surface area contributed by atoms with Gasteiger partial charge in [0.05, 0.1) is 12.2 Å². The van der Waals surface area contributed by atoms with E-state index >= 15 is 0 Å². The van der Waals surface area contributed by atoms with Gasteiger partial charge in [0.15, 0.2) is 4.87 Å². The summed E-state index contributed by atoms with van der Waals surface area (Å²) in [4.78, 5) is 28.5. The van der Waals surface area contributed by atoms with Crippen LogP contribution in [0.4, 0.5) is 14.5 Å². The van der Waals surface area contributed by atoms with Crippen LogP contribution in [0.25, 0.3) is 0 Å². The third-order valence-corrected chi connectivity index (χ3v) is 7.09. The Labute approximate surface area is 165 Å². The highest BCUT2D eigenvalue weighted by Gasteiger charge is 2.60. The predicted molar refractivity (Wildman–Crippen MR) is 103 cm³/mol. The molecule has 1 spiro atoms. The molecule has 3 aliphatic rings. The highest BCUT2D eigenvalue weighted by Crippen LogP contribution is 2.55. The SMILES string of the molecule is O=C(C1CC1)N1CCSC12C(=O)N(Cc1c(F)cccc1F)c1ccccc12. The van der Waals surface area contributed by atoms with E-state index in [0.29, 0.717) is 18.0 Å². The van der Waals surface area contributed by atoms with Crippen molar-refractivity contribution in [3.63, 3.8) is 0 Å². The lowest BCUT2D eigenvalue weighted by molar-refractivity contribution is -0.141. The minimum Gasteiger partial charge on any atom is -0.315 e. The molecule has 2 aromatic rings. The summed E-state index contributed by atoms with van der Waals surface area (Å²) < 4.78 is 28.5. The quantitative estimate of drug-likeness (QED) is 0.790. The molecule has 0 N–H and O–H groups in total. The summed E-state index contributed by atoms with van der Waals surface area (Å²) in [6, 6.07) is 10.9. The molecule has 2 aromatic carbocycles. The van der Waals surface area contributed by atoms with Crippen molar-refractivity contribution in [1.82, 2.24) is 4.90 Å². The maximum atomic E-state index is 14.2. The second-order valence-corrected chi connectivity index (χ2v) is 8.65. The summed E-state index contributed by atoms with van der Waals surface area (Å²) in [7, 11) is 0. The van der Waals surface area contributed by atoms with Gasteiger partial charge >= 0.3 is 0 Å². The Kier molecular flexibility index (Phi) is 3.98. The van der Waals surface area contributed by atoms with Crippen LogP contribution < -0.4 is 4.90 Å². The van der Waals surface area contributed by atoms with Crippen LogP contribution in [0.2, 0.25) is 0 Å². The van der Waals surface area contributed by atoms with Gasteiger partial charge in [-0.05, 0) is 31.0 Å². The topological polar surface area (TPSA) is 40.6 Å². The van der Waals surface area contributed by atoms with Crippen LogP contribution in [0.1, 0.15) is 24.0 Å². The van der Waals surface area contributed by atoms with Gasteiger partial charge in [0.2, 0.25) is 5.91 Å². The van der Waals surface area contributed by atoms with Gasteiger partial charge in [-0.25, -0.2) is 8.78 Å². The number of rotatable bonds is 3. The minimum atomic E-state index is -1.13. The highest BCUT2D eigenvalue weighted by atomic mass is 32.2. The lowest BCUT2D eigenvalue weighted by Gasteiger charge is -2.33. The zero-order valence-corrected chi connectivity index (χ0v) is 15.8. The number of carbonyl (C=O) groups excluding carboxylic acids is 2. The van der Waals surface area contributed by atoms with Crippen molar-refractivity contribution < 1.29 is 18.4 Å². The molecular weight excluding hydrogens is 382 g/mol. The van der Waals surface area contributed by atoms with E-state index in [0.717, 1.165) is 18.4 Å². The lowest BCUT2D eigenvalue weighted by Crippen LogP contribution is -2.50. The Hall–Kier alpha value is -2.41. The largest absolute Gasteiger partial charge is 0.315 e. The van der Waals surface area contributed by atoms with Gasteiger partial charge < -0.3 is 9.80 Å². The van der Waals surface area contributed by atoms with Gasteiger partial charge in [-0.2, -0.15) is 0 Å². The van der Waals surface area contributed by atoms with Crippen LogP contribution >= 0.6 is 11.8 Å². The molecule has 1 atom stereocenters. The lowest BCUT2D eigenvalue weighted by atomic mass is 10.1. The zero-order valence-electron chi connectivity index (χ0n) is 15.0. The summed E-state index contributed by atoms with van der Waals surface area (Å²) in [5, 5.41) is 0. The van der Waals surface area contributed by atoms with Gasteiger partial charge in [-0.1, -0.05) is 24.3 Å². The second-order valence-electron chi connectivity index (χ2n) is 7.37. The molecule has 0 bridgehead atoms. The van der Waals surface area contributed by atoms with Crippen molar-refractivity contribution in [1.29, 1.82) is 0 Å². The summed E-state index contributed by atoms with van der Waals surface area (Å²) in [6.45, 7) is 0.296. The number of thioether (sulfide) groups is 1. The summed E-state index contributed by atoms with van der Waals surface area (Å²) in [5.74, 6) is -1.01. The van der Waals surface area contributed by atoms with Crippen LogP contribution in [-0.2, 0) is 21.0 Å². The molecule has 2 amide bonds. The molecule has 28 heavy (non-hydrogen) atoms. The first-order chi connectivity index (χ1) is 13.5. The third-order valence-electron chi connectivity index (χ3n) is 5.67. The number of para-hydroxylation sites is 1. The van der Waals surface area contributed by atoms with Crippen molar-refractivity contribution in [2.24, 2.45) is 5.92 Å². The average molecular weight is 400 g/mol. The smallest absolute Gasteiger partial charge is 0.268 e. The van der Waals surface area contributed by atoms with E-state index in [1.807, 2.05) is 12.1 Å². The third kappa shape index (κ3) is 2.42. The van der Waals surface area contributed by atoms with Crippen molar-refractivity contribution in [2.75, 3.05) is 17.2 Å². The molecule has 7 heteroatoms. The molecular formula is C21H18F2N2O2S. The Balaban J connectivity index is 1.60. The Bertz CT molecular complexity index is 974. The second kappa shape index (κ2) is 6.30. The van der Waals surface area contributed by atoms with Crippen LogP contribution in [0.3, 0.4) is 0 Å². The fourth-order valence-electron chi connectivity index (χ4n) is 4.14. The molecule has 2 heterocycles. The highest BCUT2D eigenvalue weighted by molar-refractivity contribution is 8.01. The van der Waals surface area contributed by atoms with E-state index in [4.69, 9.17) is 0 Å². The van der Waals surface area contributed by atoms with Crippen LogP contribution in [0.15, 0.2) is 42.5 Å². The monoisotopic (exact) mass is 400 g/mol. The maximum absolute atomic E-state index is 14.2. The van der Waals surface area contributed by atoms with Gasteiger partial charge in [0.25, 0.3) is 5.91 Å². The zero-order chi connectivity index (χ0) is 19.5. The number of amides is 2. The predicted octanol–water partition coefficient (Wildman–Crippen LogP) is 3.65. The van der Waals surface area contributed by atoms with Crippen LogP contribution in [0.5, 0.6) is 0 Å². The van der Waals surface area contributed by atoms with Crippen LogP contribution in [0, 0.1) is 17.6 Å². The fraction of sp³-hybridized carbons (Fsp3) is 0.333. The molecule has 2 aliphatic heterocycles. The van der Waals surface area contributed by atoms with Gasteiger partial charge in [0, 0.05) is 29.3 Å². The molecule has 144 valence electrons. The van der Waals surface area contributed by atoms with E-state index in [1.165, 1.54) is 34.9 Å². The first-order valence-electron chi connectivity index (χ1n) is 9.34. The average Bonchev–Trinajstić information content (AvgIpc) is 3.41. The van der Waals surface area contributed by atoms with Crippen LogP contribution in [-0.4, -0.2) is 29.0 Å². The fourth-order valence-corrected chi connectivity index (χ4v) is 5.61. The standard InChI is InChI=1S/C21H18F2N2O2S/c22-16-5-3-6-17(23)14(16)12-24-18-7-2-1-4-15(18)21(20(24)27)25(10-11-28-21)19(26)13-8-9-13/h1-7,13H,8-12H2. The molecule has 0 aromatic heterocycles. The van der Waals surface area contributed by atoms with E-state index in [2.05, 4.69) is 0 Å². The van der Waals surface area contributed by atoms with Gasteiger partial charge in [-0.15, -0.1) is 11.8 Å². The number of halogens is 2. The van der Waals surface area contributed by atoms with E-state index in [-0.39, 0.29) is 29.8 Å². The van der Waals surface area contributed by atoms with Crippen molar-refractivity contribution in [3.8, 4) is 0 Å². The Morgan fingerprint density at radius 1 is 1.11 bits per heavy atom. The van der Waals surface area contributed by atoms with Crippen molar-refractivity contribution in [3.05, 3.63) is 65.2 Å². The molecule has 5 rings (SSSR count). The summed E-state index contributed by atoms with van der Waals surface area (Å²) in [5.41, 5.74) is 1.19. The van der Waals surface area contributed by atoms with E-state index in [9.17, 15) is 18.4 Å². The number of fused-ring (bicyclic) bond motifs is 2. The number of anilines is 1. The van der Waals surface area contributed by atoms with E-state index < -0.39 is 16.5 Å². The summed E-state index contributed by atoms with van der Waals surface area (Å²) in [6.07, 6.45) is 1.71. The molecule has 2 fully saturated rings. The van der Waals surface area contributed by atoms with E-state index in [1.54, 1.807) is 17.0 Å². The van der Waals surface area contributed by atoms with Gasteiger partial charge in [-0.3, -0.25) is 9.59 Å². The van der Waals surface area contributed by atoms with Crippen molar-refractivity contribution >= 4 is 29.3 Å². The first-order valence-corrected chi connectivity index (χ1v) is 10.3.